The molecular weight excluding hydrogens is 400 g/mol. The smallest absolute Gasteiger partial charge is 0.332 e. The fourth-order valence-electron chi connectivity index (χ4n) is 7.21. The maximum Gasteiger partial charge on any atom is 0.332 e. The molecule has 3 saturated carbocycles. The summed E-state index contributed by atoms with van der Waals surface area (Å²) in [6.45, 7) is 3.23. The average molecular weight is 433 g/mol. The van der Waals surface area contributed by atoms with E-state index in [-0.39, 0.29) is 36.6 Å². The van der Waals surface area contributed by atoms with Crippen molar-refractivity contribution in [2.24, 2.45) is 28.6 Å². The van der Waals surface area contributed by atoms with Crippen LogP contribution in [0.15, 0.2) is 23.8 Å². The van der Waals surface area contributed by atoms with E-state index in [4.69, 9.17) is 9.47 Å². The molecule has 0 heterocycles. The van der Waals surface area contributed by atoms with Crippen LogP contribution in [0.1, 0.15) is 46.0 Å². The van der Waals surface area contributed by atoms with E-state index >= 15 is 0 Å². The third-order valence-electron chi connectivity index (χ3n) is 8.74. The summed E-state index contributed by atoms with van der Waals surface area (Å²) >= 11 is 0. The van der Waals surface area contributed by atoms with Crippen LogP contribution in [-0.4, -0.2) is 59.8 Å². The number of aliphatic hydroxyl groups excluding tert-OH is 1. The highest BCUT2D eigenvalue weighted by molar-refractivity contribution is 6.01. The first-order valence-electron chi connectivity index (χ1n) is 11.1. The number of carbonyl (C=O) groups excluding carboxylic acids is 3. The summed E-state index contributed by atoms with van der Waals surface area (Å²) in [5.41, 5.74) is -1.77. The molecule has 7 atom stereocenters. The number of Topliss-reactive ketones (excluding diaryl/α,β-unsaturated/α-hetero) is 1. The molecule has 0 aromatic carbocycles. The first kappa shape index (κ1) is 22.4. The predicted molar refractivity (Wildman–Crippen MR) is 111 cm³/mol. The normalized spacial score (nSPS) is 43.5. The molecule has 4 aliphatic carbocycles. The number of methoxy groups -OCH3 is 1. The standard InChI is InChI=1S/C24H32O7/c1-22-8-6-15(25)10-14(22)4-5-16-17-7-9-24(29,19(27)12-31-20(28)13-30-3)23(17,2)11-18(26)21(16)22/h6,8,10,16-18,21,26,29H,4-5,7,9,11-13H2,1-3H3/t16-,17-,18?,21+,22-,23-,24-/m0/s1. The Morgan fingerprint density at radius 1 is 1.23 bits per heavy atom. The second-order valence-corrected chi connectivity index (χ2v) is 10.1. The summed E-state index contributed by atoms with van der Waals surface area (Å²) in [5, 5.41) is 22.9. The van der Waals surface area contributed by atoms with Gasteiger partial charge in [0.15, 0.2) is 12.4 Å². The van der Waals surface area contributed by atoms with Gasteiger partial charge in [-0.2, -0.15) is 0 Å². The zero-order valence-electron chi connectivity index (χ0n) is 18.4. The minimum absolute atomic E-state index is 0.00933. The van der Waals surface area contributed by atoms with Gasteiger partial charge in [-0.25, -0.2) is 4.79 Å². The van der Waals surface area contributed by atoms with E-state index in [1.807, 2.05) is 13.0 Å². The fourth-order valence-corrected chi connectivity index (χ4v) is 7.21. The lowest BCUT2D eigenvalue weighted by Gasteiger charge is -2.59. The maximum atomic E-state index is 13.0. The maximum absolute atomic E-state index is 13.0. The number of hydrogen-bond donors (Lipinski definition) is 2. The summed E-state index contributed by atoms with van der Waals surface area (Å²) in [6.07, 6.45) is 7.37. The molecule has 4 rings (SSSR count). The number of ether oxygens (including phenoxy) is 2. The minimum Gasteiger partial charge on any atom is -0.456 e. The average Bonchev–Trinajstić information content (AvgIpc) is 2.98. The predicted octanol–water partition coefficient (Wildman–Crippen LogP) is 1.75. The Kier molecular flexibility index (Phi) is 5.51. The molecule has 0 spiro atoms. The quantitative estimate of drug-likeness (QED) is 0.637. The first-order chi connectivity index (χ1) is 14.6. The molecule has 7 nitrogen and oxygen atoms in total. The SMILES string of the molecule is COCC(=O)OCC(=O)[C@@]1(O)CC[C@H]2[C@@H]3CCC4=CC(=O)C=C[C@]4(C)[C@H]3C(O)C[C@@]21C. The summed E-state index contributed by atoms with van der Waals surface area (Å²) < 4.78 is 9.70. The largest absolute Gasteiger partial charge is 0.456 e. The molecule has 2 N–H and O–H groups in total. The van der Waals surface area contributed by atoms with Gasteiger partial charge in [-0.15, -0.1) is 0 Å². The van der Waals surface area contributed by atoms with Crippen molar-refractivity contribution in [3.05, 3.63) is 23.8 Å². The fraction of sp³-hybridized carbons (Fsp3) is 0.708. The number of aliphatic hydroxyl groups is 2. The Hall–Kier alpha value is -1.83. The molecule has 0 bridgehead atoms. The zero-order chi connectivity index (χ0) is 22.6. The lowest BCUT2D eigenvalue weighted by molar-refractivity contribution is -0.181. The highest BCUT2D eigenvalue weighted by atomic mass is 16.6. The van der Waals surface area contributed by atoms with Crippen molar-refractivity contribution in [2.75, 3.05) is 20.3 Å². The Morgan fingerprint density at radius 3 is 2.68 bits per heavy atom. The van der Waals surface area contributed by atoms with E-state index in [9.17, 15) is 24.6 Å². The van der Waals surface area contributed by atoms with Gasteiger partial charge >= 0.3 is 5.97 Å². The van der Waals surface area contributed by atoms with Crippen molar-refractivity contribution in [2.45, 2.75) is 57.7 Å². The van der Waals surface area contributed by atoms with E-state index < -0.39 is 40.9 Å². The van der Waals surface area contributed by atoms with Crippen LogP contribution in [0.5, 0.6) is 0 Å². The second-order valence-electron chi connectivity index (χ2n) is 10.1. The van der Waals surface area contributed by atoms with Gasteiger partial charge in [0.2, 0.25) is 5.78 Å². The molecular formula is C24H32O7. The van der Waals surface area contributed by atoms with Crippen molar-refractivity contribution in [1.29, 1.82) is 0 Å². The van der Waals surface area contributed by atoms with Gasteiger partial charge in [-0.1, -0.05) is 25.5 Å². The molecule has 0 aliphatic heterocycles. The monoisotopic (exact) mass is 432 g/mol. The number of rotatable bonds is 5. The Bertz CT molecular complexity index is 860. The number of ketones is 2. The summed E-state index contributed by atoms with van der Waals surface area (Å²) in [4.78, 5) is 36.5. The highest BCUT2D eigenvalue weighted by Crippen LogP contribution is 2.67. The lowest BCUT2D eigenvalue weighted by atomic mass is 9.46. The molecule has 0 aromatic heterocycles. The van der Waals surface area contributed by atoms with Gasteiger partial charge in [0.05, 0.1) is 6.10 Å². The van der Waals surface area contributed by atoms with Gasteiger partial charge in [-0.05, 0) is 56.1 Å². The molecule has 31 heavy (non-hydrogen) atoms. The Morgan fingerprint density at radius 2 is 1.97 bits per heavy atom. The van der Waals surface area contributed by atoms with Crippen molar-refractivity contribution < 1.29 is 34.1 Å². The lowest BCUT2D eigenvalue weighted by Crippen LogP contribution is -2.61. The molecule has 3 fully saturated rings. The molecule has 1 unspecified atom stereocenters. The third-order valence-corrected chi connectivity index (χ3v) is 8.74. The van der Waals surface area contributed by atoms with Crippen LogP contribution < -0.4 is 0 Å². The van der Waals surface area contributed by atoms with E-state index in [1.165, 1.54) is 7.11 Å². The van der Waals surface area contributed by atoms with E-state index in [1.54, 1.807) is 12.2 Å². The van der Waals surface area contributed by atoms with Crippen molar-refractivity contribution >= 4 is 17.5 Å². The number of esters is 1. The summed E-state index contributed by atoms with van der Waals surface area (Å²) in [5.74, 6) is -1.04. The number of allylic oxidation sites excluding steroid dienone is 4. The van der Waals surface area contributed by atoms with E-state index in [0.717, 1.165) is 18.4 Å². The van der Waals surface area contributed by atoms with E-state index in [2.05, 4.69) is 6.92 Å². The van der Waals surface area contributed by atoms with Crippen LogP contribution >= 0.6 is 0 Å². The highest BCUT2D eigenvalue weighted by Gasteiger charge is 2.68. The molecule has 0 amide bonds. The Labute approximate surface area is 182 Å². The molecule has 0 aromatic rings. The molecule has 4 aliphatic rings. The van der Waals surface area contributed by atoms with Crippen LogP contribution in [0.4, 0.5) is 0 Å². The van der Waals surface area contributed by atoms with Gasteiger partial charge in [0, 0.05) is 23.9 Å². The van der Waals surface area contributed by atoms with Crippen molar-refractivity contribution in [3.8, 4) is 0 Å². The van der Waals surface area contributed by atoms with Crippen LogP contribution in [0.25, 0.3) is 0 Å². The zero-order valence-corrected chi connectivity index (χ0v) is 18.4. The van der Waals surface area contributed by atoms with Crippen molar-refractivity contribution in [1.82, 2.24) is 0 Å². The molecule has 170 valence electrons. The molecule has 7 heteroatoms. The van der Waals surface area contributed by atoms with Gasteiger partial charge in [0.1, 0.15) is 12.2 Å². The Balaban J connectivity index is 1.60. The van der Waals surface area contributed by atoms with E-state index in [0.29, 0.717) is 12.8 Å². The van der Waals surface area contributed by atoms with Gasteiger partial charge in [0.25, 0.3) is 0 Å². The number of hydrogen-bond acceptors (Lipinski definition) is 7. The third kappa shape index (κ3) is 3.24. The number of fused-ring (bicyclic) bond motifs is 5. The van der Waals surface area contributed by atoms with Crippen LogP contribution in [0.2, 0.25) is 0 Å². The van der Waals surface area contributed by atoms with Crippen LogP contribution in [0, 0.1) is 28.6 Å². The van der Waals surface area contributed by atoms with Crippen molar-refractivity contribution in [3.63, 3.8) is 0 Å². The topological polar surface area (TPSA) is 110 Å². The number of carbonyl (C=O) groups is 3. The first-order valence-corrected chi connectivity index (χ1v) is 11.1. The van der Waals surface area contributed by atoms with Gasteiger partial charge in [-0.3, -0.25) is 9.59 Å². The minimum atomic E-state index is -1.65. The molecule has 0 radical (unpaired) electrons. The second kappa shape index (κ2) is 7.64. The molecule has 0 saturated heterocycles. The van der Waals surface area contributed by atoms with Gasteiger partial charge < -0.3 is 19.7 Å². The summed E-state index contributed by atoms with van der Waals surface area (Å²) in [7, 11) is 1.36. The summed E-state index contributed by atoms with van der Waals surface area (Å²) in [6, 6.07) is 0. The van der Waals surface area contributed by atoms with Crippen LogP contribution in [0.3, 0.4) is 0 Å². The van der Waals surface area contributed by atoms with Crippen LogP contribution in [-0.2, 0) is 23.9 Å².